The van der Waals surface area contributed by atoms with E-state index in [0.717, 1.165) is 0 Å². The molecular formula is C12H14ClNO4S. The first-order valence-electron chi connectivity index (χ1n) is 5.88. The maximum atomic E-state index is 11.6. The molecule has 0 radical (unpaired) electrons. The minimum atomic E-state index is -3.04. The lowest BCUT2D eigenvalue weighted by atomic mass is 10.1. The molecule has 1 atom stereocenters. The summed E-state index contributed by atoms with van der Waals surface area (Å²) >= 11 is 5.86. The van der Waals surface area contributed by atoms with Crippen LogP contribution in [0, 0.1) is 0 Å². The number of carboxylic acids is 1. The van der Waals surface area contributed by atoms with Crippen molar-refractivity contribution in [3.05, 3.63) is 28.8 Å². The van der Waals surface area contributed by atoms with Gasteiger partial charge in [0.15, 0.2) is 9.84 Å². The van der Waals surface area contributed by atoms with Gasteiger partial charge in [-0.2, -0.15) is 0 Å². The Bertz CT molecular complexity index is 600. The van der Waals surface area contributed by atoms with Gasteiger partial charge in [0.25, 0.3) is 0 Å². The van der Waals surface area contributed by atoms with Gasteiger partial charge in [0, 0.05) is 6.04 Å². The molecule has 1 aromatic rings. The van der Waals surface area contributed by atoms with Gasteiger partial charge in [0.1, 0.15) is 5.56 Å². The van der Waals surface area contributed by atoms with E-state index in [1.165, 1.54) is 6.07 Å². The number of halogens is 1. The molecule has 2 N–H and O–H groups in total. The number of anilines is 1. The Hall–Kier alpha value is -1.27. The van der Waals surface area contributed by atoms with E-state index in [-0.39, 0.29) is 28.1 Å². The molecule has 19 heavy (non-hydrogen) atoms. The molecule has 0 aliphatic carbocycles. The third-order valence-corrected chi connectivity index (χ3v) is 5.19. The van der Waals surface area contributed by atoms with Gasteiger partial charge in [-0.05, 0) is 25.0 Å². The van der Waals surface area contributed by atoms with Crippen LogP contribution in [0.3, 0.4) is 0 Å². The molecule has 1 aromatic carbocycles. The van der Waals surface area contributed by atoms with Crippen LogP contribution >= 0.6 is 11.6 Å². The lowest BCUT2D eigenvalue weighted by Crippen LogP contribution is -2.35. The Morgan fingerprint density at radius 2 is 2.16 bits per heavy atom. The second-order valence-corrected chi connectivity index (χ2v) is 7.20. The number of sulfone groups is 1. The smallest absolute Gasteiger partial charge is 0.339 e. The van der Waals surface area contributed by atoms with E-state index in [9.17, 15) is 13.2 Å². The third-order valence-electron chi connectivity index (χ3n) is 3.05. The molecule has 0 amide bonds. The molecule has 1 aliphatic heterocycles. The molecule has 0 bridgehead atoms. The Morgan fingerprint density at radius 3 is 2.79 bits per heavy atom. The zero-order chi connectivity index (χ0) is 14.0. The van der Waals surface area contributed by atoms with E-state index >= 15 is 0 Å². The number of nitrogens with one attached hydrogen (secondary N) is 1. The van der Waals surface area contributed by atoms with Crippen LogP contribution in [0.15, 0.2) is 18.2 Å². The van der Waals surface area contributed by atoms with Crippen LogP contribution in [0.1, 0.15) is 23.2 Å². The number of rotatable bonds is 3. The summed E-state index contributed by atoms with van der Waals surface area (Å²) in [6.45, 7) is 0. The highest BCUT2D eigenvalue weighted by Gasteiger charge is 2.26. The molecule has 5 nitrogen and oxygen atoms in total. The summed E-state index contributed by atoms with van der Waals surface area (Å²) < 4.78 is 23.1. The van der Waals surface area contributed by atoms with Gasteiger partial charge in [0.2, 0.25) is 0 Å². The van der Waals surface area contributed by atoms with Crippen molar-refractivity contribution < 1.29 is 18.3 Å². The van der Waals surface area contributed by atoms with Gasteiger partial charge in [-0.3, -0.25) is 0 Å². The number of aromatic carboxylic acids is 1. The van der Waals surface area contributed by atoms with Crippen molar-refractivity contribution in [1.29, 1.82) is 0 Å². The van der Waals surface area contributed by atoms with Crippen molar-refractivity contribution in [3.8, 4) is 0 Å². The predicted molar refractivity (Wildman–Crippen MR) is 73.7 cm³/mol. The molecule has 1 aliphatic rings. The first-order chi connectivity index (χ1) is 8.89. The summed E-state index contributed by atoms with van der Waals surface area (Å²) in [5, 5.41) is 12.3. The molecule has 0 aromatic heterocycles. The second kappa shape index (κ2) is 5.38. The fourth-order valence-corrected chi connectivity index (χ4v) is 4.11. The van der Waals surface area contributed by atoms with E-state index < -0.39 is 15.8 Å². The summed E-state index contributed by atoms with van der Waals surface area (Å²) in [5.41, 5.74) is 0.342. The molecule has 0 saturated carbocycles. The van der Waals surface area contributed by atoms with Gasteiger partial charge >= 0.3 is 5.97 Å². The minimum Gasteiger partial charge on any atom is -0.478 e. The van der Waals surface area contributed by atoms with Crippen LogP contribution in [0.4, 0.5) is 5.69 Å². The molecule has 0 spiro atoms. The average Bonchev–Trinajstić information content (AvgIpc) is 2.26. The SMILES string of the molecule is O=C(O)c1c(Cl)cccc1NC1CCCS(=O)(=O)C1. The topological polar surface area (TPSA) is 83.5 Å². The molecular weight excluding hydrogens is 290 g/mol. The fraction of sp³-hybridized carbons (Fsp3) is 0.417. The molecule has 1 heterocycles. The lowest BCUT2D eigenvalue weighted by molar-refractivity contribution is 0.0698. The number of hydrogen-bond donors (Lipinski definition) is 2. The van der Waals surface area contributed by atoms with E-state index in [4.69, 9.17) is 16.7 Å². The maximum absolute atomic E-state index is 11.6. The molecule has 1 fully saturated rings. The Labute approximate surface area is 116 Å². The number of benzene rings is 1. The monoisotopic (exact) mass is 303 g/mol. The summed E-state index contributed by atoms with van der Waals surface area (Å²) in [7, 11) is -3.04. The summed E-state index contributed by atoms with van der Waals surface area (Å²) in [6, 6.07) is 4.45. The van der Waals surface area contributed by atoms with E-state index in [1.54, 1.807) is 12.1 Å². The standard InChI is InChI=1S/C12H14ClNO4S/c13-9-4-1-5-10(11(9)12(15)16)14-8-3-2-6-19(17,18)7-8/h1,4-5,8,14H,2-3,6-7H2,(H,15,16). The Balaban J connectivity index is 2.24. The van der Waals surface area contributed by atoms with Crippen molar-refractivity contribution in [2.45, 2.75) is 18.9 Å². The molecule has 2 rings (SSSR count). The largest absolute Gasteiger partial charge is 0.478 e. The molecule has 7 heteroatoms. The third kappa shape index (κ3) is 3.39. The van der Waals surface area contributed by atoms with E-state index in [1.807, 2.05) is 0 Å². The second-order valence-electron chi connectivity index (χ2n) is 4.57. The predicted octanol–water partition coefficient (Wildman–Crippen LogP) is 2.03. The first kappa shape index (κ1) is 14.1. The van der Waals surface area contributed by atoms with Crippen molar-refractivity contribution in [2.24, 2.45) is 0 Å². The minimum absolute atomic E-state index is 0.0212. The number of hydrogen-bond acceptors (Lipinski definition) is 4. The Morgan fingerprint density at radius 1 is 1.42 bits per heavy atom. The van der Waals surface area contributed by atoms with Gasteiger partial charge < -0.3 is 10.4 Å². The average molecular weight is 304 g/mol. The highest BCUT2D eigenvalue weighted by Crippen LogP contribution is 2.26. The van der Waals surface area contributed by atoms with Crippen LogP contribution in [0.25, 0.3) is 0 Å². The fourth-order valence-electron chi connectivity index (χ4n) is 2.22. The highest BCUT2D eigenvalue weighted by molar-refractivity contribution is 7.91. The first-order valence-corrected chi connectivity index (χ1v) is 8.08. The van der Waals surface area contributed by atoms with Crippen molar-refractivity contribution in [2.75, 3.05) is 16.8 Å². The summed E-state index contributed by atoms with van der Waals surface area (Å²) in [4.78, 5) is 11.2. The summed E-state index contributed by atoms with van der Waals surface area (Å²) in [5.74, 6) is -0.905. The molecule has 1 unspecified atom stereocenters. The zero-order valence-electron chi connectivity index (χ0n) is 10.1. The van der Waals surface area contributed by atoms with Crippen molar-refractivity contribution >= 4 is 33.1 Å². The summed E-state index contributed by atoms with van der Waals surface area (Å²) in [6.07, 6.45) is 1.29. The van der Waals surface area contributed by atoms with Gasteiger partial charge in [0.05, 0.1) is 22.2 Å². The van der Waals surface area contributed by atoms with Crippen molar-refractivity contribution in [1.82, 2.24) is 0 Å². The van der Waals surface area contributed by atoms with Crippen LogP contribution < -0.4 is 5.32 Å². The highest BCUT2D eigenvalue weighted by atomic mass is 35.5. The van der Waals surface area contributed by atoms with Crippen molar-refractivity contribution in [3.63, 3.8) is 0 Å². The normalized spacial score (nSPS) is 21.8. The Kier molecular flexibility index (Phi) is 4.01. The number of carbonyl (C=O) groups is 1. The van der Waals surface area contributed by atoms with Gasteiger partial charge in [-0.15, -0.1) is 0 Å². The van der Waals surface area contributed by atoms with Crippen LogP contribution in [-0.2, 0) is 9.84 Å². The van der Waals surface area contributed by atoms with Gasteiger partial charge in [-0.1, -0.05) is 17.7 Å². The zero-order valence-corrected chi connectivity index (χ0v) is 11.7. The lowest BCUT2D eigenvalue weighted by Gasteiger charge is -2.24. The van der Waals surface area contributed by atoms with Crippen LogP contribution in [0.5, 0.6) is 0 Å². The molecule has 104 valence electrons. The quantitative estimate of drug-likeness (QED) is 0.892. The van der Waals surface area contributed by atoms with Gasteiger partial charge in [-0.25, -0.2) is 13.2 Å². The van der Waals surface area contributed by atoms with E-state index in [2.05, 4.69) is 5.32 Å². The molecule has 1 saturated heterocycles. The number of carboxylic acid groups (broad SMARTS) is 1. The van der Waals surface area contributed by atoms with E-state index in [0.29, 0.717) is 18.5 Å². The van der Waals surface area contributed by atoms with Crippen LogP contribution in [-0.4, -0.2) is 37.0 Å². The van der Waals surface area contributed by atoms with Crippen LogP contribution in [0.2, 0.25) is 5.02 Å². The maximum Gasteiger partial charge on any atom is 0.339 e.